The lowest BCUT2D eigenvalue weighted by molar-refractivity contribution is 0.410. The summed E-state index contributed by atoms with van der Waals surface area (Å²) in [4.78, 5) is 0. The van der Waals surface area contributed by atoms with Gasteiger partial charge in [0, 0.05) is 11.6 Å². The van der Waals surface area contributed by atoms with Crippen molar-refractivity contribution in [3.63, 3.8) is 0 Å². The first-order valence-electron chi connectivity index (χ1n) is 5.59. The fourth-order valence-electron chi connectivity index (χ4n) is 2.47. The third-order valence-electron chi connectivity index (χ3n) is 3.34. The Morgan fingerprint density at radius 1 is 1.50 bits per heavy atom. The van der Waals surface area contributed by atoms with Crippen molar-refractivity contribution in [1.82, 2.24) is 5.32 Å². The number of nitrogens with one attached hydrogen (secondary N) is 1. The van der Waals surface area contributed by atoms with E-state index in [9.17, 15) is 0 Å². The van der Waals surface area contributed by atoms with Crippen LogP contribution in [0.15, 0.2) is 23.0 Å². The number of furan rings is 1. The van der Waals surface area contributed by atoms with Gasteiger partial charge in [-0.05, 0) is 25.5 Å². The molecule has 0 bridgehead atoms. The molecule has 1 N–H and O–H groups in total. The van der Waals surface area contributed by atoms with Crippen molar-refractivity contribution in [2.45, 2.75) is 38.1 Å². The molecule has 14 heavy (non-hydrogen) atoms. The van der Waals surface area contributed by atoms with Crippen LogP contribution in [0.4, 0.5) is 0 Å². The minimum absolute atomic E-state index is 0.483. The number of rotatable bonds is 4. The highest BCUT2D eigenvalue weighted by atomic mass is 16.3. The average Bonchev–Trinajstić information content (AvgIpc) is 2.86. The lowest BCUT2D eigenvalue weighted by atomic mass is 9.95. The van der Waals surface area contributed by atoms with Crippen LogP contribution in [-0.4, -0.2) is 7.05 Å². The zero-order chi connectivity index (χ0) is 9.80. The van der Waals surface area contributed by atoms with Gasteiger partial charge in [-0.15, -0.1) is 0 Å². The highest BCUT2D eigenvalue weighted by molar-refractivity contribution is 5.11. The molecule has 0 amide bonds. The van der Waals surface area contributed by atoms with E-state index < -0.39 is 0 Å². The minimum Gasteiger partial charge on any atom is -0.472 e. The Morgan fingerprint density at radius 2 is 2.29 bits per heavy atom. The molecule has 1 atom stereocenters. The van der Waals surface area contributed by atoms with E-state index in [-0.39, 0.29) is 0 Å². The van der Waals surface area contributed by atoms with Crippen LogP contribution in [0, 0.1) is 5.92 Å². The van der Waals surface area contributed by atoms with Crippen molar-refractivity contribution in [2.24, 2.45) is 5.92 Å². The molecule has 2 nitrogen and oxygen atoms in total. The van der Waals surface area contributed by atoms with E-state index in [1.807, 2.05) is 13.3 Å². The van der Waals surface area contributed by atoms with Crippen molar-refractivity contribution in [2.75, 3.05) is 7.05 Å². The maximum atomic E-state index is 5.12. The second-order valence-corrected chi connectivity index (χ2v) is 4.28. The van der Waals surface area contributed by atoms with Gasteiger partial charge < -0.3 is 9.73 Å². The quantitative estimate of drug-likeness (QED) is 0.794. The van der Waals surface area contributed by atoms with Crippen molar-refractivity contribution in [3.8, 4) is 0 Å². The van der Waals surface area contributed by atoms with Gasteiger partial charge in [-0.2, -0.15) is 0 Å². The molecule has 0 radical (unpaired) electrons. The molecular weight excluding hydrogens is 174 g/mol. The molecule has 1 aliphatic rings. The normalized spacial score (nSPS) is 20.1. The largest absolute Gasteiger partial charge is 0.472 e. The molecule has 1 unspecified atom stereocenters. The summed E-state index contributed by atoms with van der Waals surface area (Å²) < 4.78 is 5.12. The maximum absolute atomic E-state index is 5.12. The van der Waals surface area contributed by atoms with Crippen molar-refractivity contribution in [3.05, 3.63) is 24.2 Å². The first-order valence-corrected chi connectivity index (χ1v) is 5.59. The molecule has 1 saturated carbocycles. The molecule has 78 valence electrons. The molecule has 2 heteroatoms. The summed E-state index contributed by atoms with van der Waals surface area (Å²) in [7, 11) is 2.03. The van der Waals surface area contributed by atoms with Crippen molar-refractivity contribution >= 4 is 0 Å². The zero-order valence-electron chi connectivity index (χ0n) is 8.83. The van der Waals surface area contributed by atoms with E-state index in [2.05, 4.69) is 11.4 Å². The fraction of sp³-hybridized carbons (Fsp3) is 0.667. The van der Waals surface area contributed by atoms with Gasteiger partial charge in [0.1, 0.15) is 0 Å². The highest BCUT2D eigenvalue weighted by Crippen LogP contribution is 2.32. The first-order chi connectivity index (χ1) is 6.90. The lowest BCUT2D eigenvalue weighted by Gasteiger charge is -2.18. The molecule has 0 spiro atoms. The van der Waals surface area contributed by atoms with E-state index in [1.165, 1.54) is 37.7 Å². The van der Waals surface area contributed by atoms with Gasteiger partial charge in [0.25, 0.3) is 0 Å². The third kappa shape index (κ3) is 2.18. The van der Waals surface area contributed by atoms with E-state index in [1.54, 1.807) is 6.26 Å². The molecule has 1 aliphatic carbocycles. The van der Waals surface area contributed by atoms with Crippen LogP contribution in [0.3, 0.4) is 0 Å². The molecule has 0 aliphatic heterocycles. The minimum atomic E-state index is 0.483. The Labute approximate surface area is 85.7 Å². The van der Waals surface area contributed by atoms with Crippen LogP contribution in [-0.2, 0) is 0 Å². The smallest absolute Gasteiger partial charge is 0.0950 e. The van der Waals surface area contributed by atoms with Gasteiger partial charge in [0.2, 0.25) is 0 Å². The second kappa shape index (κ2) is 4.65. The van der Waals surface area contributed by atoms with E-state index in [0.717, 1.165) is 5.92 Å². The van der Waals surface area contributed by atoms with Gasteiger partial charge in [0.05, 0.1) is 12.5 Å². The predicted octanol–water partition coefficient (Wildman–Crippen LogP) is 3.12. The molecule has 0 saturated heterocycles. The Bertz CT molecular complexity index is 249. The SMILES string of the molecule is CNC(CC1CCCC1)c1ccoc1. The molecule has 1 fully saturated rings. The van der Waals surface area contributed by atoms with Crippen LogP contribution in [0.2, 0.25) is 0 Å². The van der Waals surface area contributed by atoms with Crippen LogP contribution in [0.5, 0.6) is 0 Å². The molecular formula is C12H19NO. The monoisotopic (exact) mass is 193 g/mol. The topological polar surface area (TPSA) is 25.2 Å². The summed E-state index contributed by atoms with van der Waals surface area (Å²) >= 11 is 0. The van der Waals surface area contributed by atoms with Crippen LogP contribution in [0.1, 0.15) is 43.7 Å². The molecule has 1 heterocycles. The van der Waals surface area contributed by atoms with E-state index in [4.69, 9.17) is 4.42 Å². The average molecular weight is 193 g/mol. The highest BCUT2D eigenvalue weighted by Gasteiger charge is 2.20. The molecule has 1 aromatic heterocycles. The maximum Gasteiger partial charge on any atom is 0.0950 e. The Hall–Kier alpha value is -0.760. The van der Waals surface area contributed by atoms with E-state index in [0.29, 0.717) is 6.04 Å². The Kier molecular flexibility index (Phi) is 3.25. The Morgan fingerprint density at radius 3 is 2.86 bits per heavy atom. The lowest BCUT2D eigenvalue weighted by Crippen LogP contribution is -2.18. The summed E-state index contributed by atoms with van der Waals surface area (Å²) in [6.07, 6.45) is 10.5. The number of hydrogen-bond acceptors (Lipinski definition) is 2. The first kappa shape index (κ1) is 9.78. The fourth-order valence-corrected chi connectivity index (χ4v) is 2.47. The van der Waals surface area contributed by atoms with E-state index >= 15 is 0 Å². The summed E-state index contributed by atoms with van der Waals surface area (Å²) in [6, 6.07) is 2.55. The van der Waals surface area contributed by atoms with Gasteiger partial charge >= 0.3 is 0 Å². The zero-order valence-corrected chi connectivity index (χ0v) is 8.83. The molecule has 0 aromatic carbocycles. The van der Waals surface area contributed by atoms with Gasteiger partial charge in [0.15, 0.2) is 0 Å². The number of hydrogen-bond donors (Lipinski definition) is 1. The third-order valence-corrected chi connectivity index (χ3v) is 3.34. The van der Waals surface area contributed by atoms with Gasteiger partial charge in [-0.3, -0.25) is 0 Å². The molecule has 1 aromatic rings. The summed E-state index contributed by atoms with van der Waals surface area (Å²) in [5.74, 6) is 0.919. The van der Waals surface area contributed by atoms with Gasteiger partial charge in [-0.25, -0.2) is 0 Å². The molecule has 2 rings (SSSR count). The van der Waals surface area contributed by atoms with Crippen molar-refractivity contribution in [1.29, 1.82) is 0 Å². The van der Waals surface area contributed by atoms with Crippen LogP contribution < -0.4 is 5.32 Å². The summed E-state index contributed by atoms with van der Waals surface area (Å²) in [6.45, 7) is 0. The van der Waals surface area contributed by atoms with Crippen LogP contribution >= 0.6 is 0 Å². The van der Waals surface area contributed by atoms with Gasteiger partial charge in [-0.1, -0.05) is 25.7 Å². The van der Waals surface area contributed by atoms with Crippen molar-refractivity contribution < 1.29 is 4.42 Å². The predicted molar refractivity (Wildman–Crippen MR) is 57.1 cm³/mol. The standard InChI is InChI=1S/C12H19NO/c1-13-12(11-6-7-14-9-11)8-10-4-2-3-5-10/h6-7,9-10,12-13H,2-5,8H2,1H3. The second-order valence-electron chi connectivity index (χ2n) is 4.28. The Balaban J connectivity index is 1.93. The summed E-state index contributed by atoms with van der Waals surface area (Å²) in [5, 5.41) is 3.37. The summed E-state index contributed by atoms with van der Waals surface area (Å²) in [5.41, 5.74) is 1.29. The van der Waals surface area contributed by atoms with Crippen LogP contribution in [0.25, 0.3) is 0 Å².